The first-order valence-electron chi connectivity index (χ1n) is 6.59. The van der Waals surface area contributed by atoms with Gasteiger partial charge in [0.25, 0.3) is 5.91 Å². The Kier molecular flexibility index (Phi) is 3.66. The number of oxime groups is 1. The highest BCUT2D eigenvalue weighted by Gasteiger charge is 2.45. The van der Waals surface area contributed by atoms with Gasteiger partial charge < -0.3 is 4.84 Å². The number of hydrogen-bond donors (Lipinski definition) is 0. The van der Waals surface area contributed by atoms with Gasteiger partial charge in [-0.3, -0.25) is 9.69 Å². The molecule has 0 aliphatic carbocycles. The number of amidine groups is 1. The van der Waals surface area contributed by atoms with E-state index in [0.29, 0.717) is 11.4 Å². The van der Waals surface area contributed by atoms with Crippen LogP contribution in [0.2, 0.25) is 0 Å². The number of likely N-dealkylation sites (tertiary alicyclic amines) is 1. The number of aryl methyl sites for hydroxylation is 1. The summed E-state index contributed by atoms with van der Waals surface area (Å²) in [4.78, 5) is 18.8. The van der Waals surface area contributed by atoms with Crippen LogP contribution in [0.15, 0.2) is 35.0 Å². The molecule has 0 atom stereocenters. The van der Waals surface area contributed by atoms with Crippen molar-refractivity contribution in [2.24, 2.45) is 5.16 Å². The first-order valence-corrected chi connectivity index (χ1v) is 6.59. The van der Waals surface area contributed by atoms with E-state index < -0.39 is 0 Å². The van der Waals surface area contributed by atoms with Crippen LogP contribution in [0.5, 0.6) is 0 Å². The monoisotopic (exact) mass is 272 g/mol. The van der Waals surface area contributed by atoms with E-state index in [1.54, 1.807) is 4.90 Å². The smallest absolute Gasteiger partial charge is 0.263 e. The maximum atomic E-state index is 12.3. The third kappa shape index (κ3) is 2.59. The zero-order valence-electron chi connectivity index (χ0n) is 12.6. The van der Waals surface area contributed by atoms with Crippen LogP contribution in [0.4, 0.5) is 0 Å². The highest BCUT2D eigenvalue weighted by atomic mass is 16.6. The largest absolute Gasteiger partial charge is 0.397 e. The molecule has 1 heterocycles. The average molecular weight is 272 g/mol. The van der Waals surface area contributed by atoms with Crippen molar-refractivity contribution in [2.45, 2.75) is 33.2 Å². The average Bonchev–Trinajstić information content (AvgIpc) is 2.36. The Bertz CT molecular complexity index is 577. The molecule has 1 aliphatic heterocycles. The number of hydrogen-bond acceptors (Lipinski definition) is 3. The molecule has 0 radical (unpaired) electrons. The van der Waals surface area contributed by atoms with Crippen LogP contribution in [0.3, 0.4) is 0 Å². The highest BCUT2D eigenvalue weighted by Crippen LogP contribution is 2.30. The summed E-state index contributed by atoms with van der Waals surface area (Å²) in [5.41, 5.74) is 2.45. The van der Waals surface area contributed by atoms with E-state index in [0.717, 1.165) is 5.56 Å². The summed E-state index contributed by atoms with van der Waals surface area (Å²) in [7, 11) is 1.49. The van der Waals surface area contributed by atoms with Crippen LogP contribution in [0.25, 0.3) is 6.08 Å². The molecule has 0 aromatic heterocycles. The Labute approximate surface area is 119 Å². The van der Waals surface area contributed by atoms with Crippen molar-refractivity contribution in [2.75, 3.05) is 7.11 Å². The summed E-state index contributed by atoms with van der Waals surface area (Å²) in [5, 5.41) is 3.98. The van der Waals surface area contributed by atoms with Gasteiger partial charge in [0.1, 0.15) is 7.11 Å². The van der Waals surface area contributed by atoms with Gasteiger partial charge in [-0.2, -0.15) is 0 Å². The fraction of sp³-hybridized carbons (Fsp3) is 0.375. The minimum absolute atomic E-state index is 0.0196. The fourth-order valence-corrected chi connectivity index (χ4v) is 2.13. The molecule has 1 aliphatic rings. The summed E-state index contributed by atoms with van der Waals surface area (Å²) >= 11 is 0. The van der Waals surface area contributed by atoms with Gasteiger partial charge in [0, 0.05) is 5.54 Å². The fourth-order valence-electron chi connectivity index (χ4n) is 2.13. The van der Waals surface area contributed by atoms with E-state index in [9.17, 15) is 4.79 Å². The minimum atomic E-state index is -0.306. The second-order valence-corrected chi connectivity index (χ2v) is 5.88. The topological polar surface area (TPSA) is 41.9 Å². The number of carbonyl (C=O) groups is 1. The second-order valence-electron chi connectivity index (χ2n) is 5.88. The van der Waals surface area contributed by atoms with Crippen molar-refractivity contribution in [3.05, 3.63) is 41.0 Å². The Balaban J connectivity index is 2.35. The maximum Gasteiger partial charge on any atom is 0.263 e. The number of nitrogens with zero attached hydrogens (tertiary/aromatic N) is 2. The molecule has 1 aromatic carbocycles. The number of carbonyl (C=O) groups excluding carboxylic acids is 1. The van der Waals surface area contributed by atoms with E-state index in [-0.39, 0.29) is 11.4 Å². The molecular weight excluding hydrogens is 252 g/mol. The van der Waals surface area contributed by atoms with Crippen molar-refractivity contribution in [1.29, 1.82) is 0 Å². The molecule has 4 heteroatoms. The van der Waals surface area contributed by atoms with Gasteiger partial charge in [-0.15, -0.1) is 0 Å². The number of amides is 1. The van der Waals surface area contributed by atoms with E-state index >= 15 is 0 Å². The van der Waals surface area contributed by atoms with Crippen molar-refractivity contribution in [3.63, 3.8) is 0 Å². The van der Waals surface area contributed by atoms with Gasteiger partial charge in [0.05, 0.1) is 5.57 Å². The van der Waals surface area contributed by atoms with Gasteiger partial charge in [-0.05, 0) is 39.3 Å². The predicted molar refractivity (Wildman–Crippen MR) is 80.2 cm³/mol. The molecule has 1 aromatic rings. The molecule has 20 heavy (non-hydrogen) atoms. The Hall–Kier alpha value is -2.10. The van der Waals surface area contributed by atoms with Gasteiger partial charge in [0.2, 0.25) is 0 Å². The molecule has 106 valence electrons. The standard InChI is InChI=1S/C16H20N2O2/c1-11-6-8-12(9-7-11)10-13-14(17-20-5)18(15(13)19)16(2,3)4/h6-10H,1-5H3/b13-10+,17-14?. The summed E-state index contributed by atoms with van der Waals surface area (Å²) in [6.07, 6.45) is 1.85. The molecule has 0 unspecified atom stereocenters. The minimum Gasteiger partial charge on any atom is -0.397 e. The van der Waals surface area contributed by atoms with Crippen LogP contribution in [0.1, 0.15) is 31.9 Å². The van der Waals surface area contributed by atoms with Crippen molar-refractivity contribution < 1.29 is 9.63 Å². The van der Waals surface area contributed by atoms with Crippen LogP contribution < -0.4 is 0 Å². The molecule has 0 spiro atoms. The Morgan fingerprint density at radius 3 is 2.30 bits per heavy atom. The van der Waals surface area contributed by atoms with Gasteiger partial charge >= 0.3 is 0 Å². The molecule has 2 rings (SSSR count). The molecule has 0 bridgehead atoms. The third-order valence-corrected chi connectivity index (χ3v) is 3.12. The lowest BCUT2D eigenvalue weighted by atomic mass is 9.93. The van der Waals surface area contributed by atoms with E-state index in [1.165, 1.54) is 12.7 Å². The van der Waals surface area contributed by atoms with Gasteiger partial charge in [-0.25, -0.2) is 0 Å². The number of rotatable bonds is 2. The van der Waals surface area contributed by atoms with Crippen molar-refractivity contribution in [3.8, 4) is 0 Å². The molecule has 0 N–H and O–H groups in total. The van der Waals surface area contributed by atoms with Crippen LogP contribution in [-0.2, 0) is 9.63 Å². The maximum absolute atomic E-state index is 12.3. The zero-order valence-corrected chi connectivity index (χ0v) is 12.6. The highest BCUT2D eigenvalue weighted by molar-refractivity contribution is 6.38. The van der Waals surface area contributed by atoms with Crippen LogP contribution in [-0.4, -0.2) is 29.3 Å². The summed E-state index contributed by atoms with van der Waals surface area (Å²) in [6.45, 7) is 7.95. The summed E-state index contributed by atoms with van der Waals surface area (Å²) < 4.78 is 0. The second kappa shape index (κ2) is 5.12. The molecule has 1 saturated heterocycles. The number of β-lactam (4-membered cyclic amide) rings is 1. The van der Waals surface area contributed by atoms with E-state index in [2.05, 4.69) is 5.16 Å². The molecule has 1 amide bonds. The molecule has 1 fully saturated rings. The molecule has 4 nitrogen and oxygen atoms in total. The Morgan fingerprint density at radius 2 is 1.80 bits per heavy atom. The lowest BCUT2D eigenvalue weighted by molar-refractivity contribution is -0.129. The quantitative estimate of drug-likeness (QED) is 0.472. The normalized spacial score (nSPS) is 19.4. The van der Waals surface area contributed by atoms with E-state index in [1.807, 2.05) is 58.0 Å². The van der Waals surface area contributed by atoms with Crippen LogP contribution in [0, 0.1) is 6.92 Å². The molecule has 0 saturated carbocycles. The molecular formula is C16H20N2O2. The number of benzene rings is 1. The van der Waals surface area contributed by atoms with Crippen molar-refractivity contribution in [1.82, 2.24) is 4.90 Å². The zero-order chi connectivity index (χ0) is 14.9. The SMILES string of the molecule is CON=C1/C(=C\c2ccc(C)cc2)C(=O)N1C(C)(C)C. The summed E-state index contributed by atoms with van der Waals surface area (Å²) in [5.74, 6) is 0.569. The first-order chi connectivity index (χ1) is 9.34. The van der Waals surface area contributed by atoms with Gasteiger partial charge in [0.15, 0.2) is 5.84 Å². The lowest BCUT2D eigenvalue weighted by Gasteiger charge is -2.43. The van der Waals surface area contributed by atoms with Crippen molar-refractivity contribution >= 4 is 17.8 Å². The Morgan fingerprint density at radius 1 is 1.20 bits per heavy atom. The third-order valence-electron chi connectivity index (χ3n) is 3.12. The summed E-state index contributed by atoms with van der Waals surface area (Å²) in [6, 6.07) is 8.01. The van der Waals surface area contributed by atoms with E-state index in [4.69, 9.17) is 4.84 Å². The lowest BCUT2D eigenvalue weighted by Crippen LogP contribution is -2.60. The predicted octanol–water partition coefficient (Wildman–Crippen LogP) is 2.98. The van der Waals surface area contributed by atoms with Crippen LogP contribution >= 0.6 is 0 Å². The first kappa shape index (κ1) is 14.3. The van der Waals surface area contributed by atoms with Gasteiger partial charge in [-0.1, -0.05) is 35.0 Å².